The van der Waals surface area contributed by atoms with Crippen molar-refractivity contribution in [2.45, 2.75) is 20.8 Å². The Morgan fingerprint density at radius 1 is 1.31 bits per heavy atom. The lowest BCUT2D eigenvalue weighted by molar-refractivity contribution is 0.0696. The first kappa shape index (κ1) is 12.3. The number of hydrogen-bond donors (Lipinski definition) is 1. The van der Waals surface area contributed by atoms with E-state index < -0.39 is 5.97 Å². The van der Waals surface area contributed by atoms with Gasteiger partial charge in [0, 0.05) is 5.56 Å². The molecule has 0 atom stereocenters. The van der Waals surface area contributed by atoms with E-state index in [9.17, 15) is 4.79 Å². The first-order chi connectivity index (χ1) is 7.47. The number of hydrogen-bond acceptors (Lipinski definition) is 2. The first-order valence-electron chi connectivity index (χ1n) is 5.14. The predicted octanol–water partition coefficient (Wildman–Crippen LogP) is 3.01. The summed E-state index contributed by atoms with van der Waals surface area (Å²) in [4.78, 5) is 11.0. The van der Waals surface area contributed by atoms with Crippen LogP contribution in [0.4, 0.5) is 0 Å². The third-order valence-electron chi connectivity index (χ3n) is 2.42. The zero-order valence-corrected chi connectivity index (χ0v) is 9.83. The van der Waals surface area contributed by atoms with Gasteiger partial charge >= 0.3 is 5.97 Å². The topological polar surface area (TPSA) is 46.5 Å². The fourth-order valence-electron chi connectivity index (χ4n) is 1.64. The van der Waals surface area contributed by atoms with E-state index in [-0.39, 0.29) is 0 Å². The van der Waals surface area contributed by atoms with Gasteiger partial charge in [-0.25, -0.2) is 4.79 Å². The highest BCUT2D eigenvalue weighted by molar-refractivity contribution is 5.90. The van der Waals surface area contributed by atoms with Crippen LogP contribution in [0.1, 0.15) is 34.0 Å². The molecule has 3 nitrogen and oxygen atoms in total. The van der Waals surface area contributed by atoms with E-state index in [4.69, 9.17) is 9.84 Å². The Morgan fingerprint density at radius 3 is 2.38 bits per heavy atom. The molecule has 86 valence electrons. The fourth-order valence-corrected chi connectivity index (χ4v) is 1.64. The van der Waals surface area contributed by atoms with Gasteiger partial charge in [-0.1, -0.05) is 12.6 Å². The maximum absolute atomic E-state index is 11.0. The zero-order chi connectivity index (χ0) is 12.3. The van der Waals surface area contributed by atoms with Crippen LogP contribution in [0.3, 0.4) is 0 Å². The summed E-state index contributed by atoms with van der Waals surface area (Å²) in [6.07, 6.45) is 0. The van der Waals surface area contributed by atoms with Gasteiger partial charge in [0.1, 0.15) is 5.76 Å². The van der Waals surface area contributed by atoms with Crippen molar-refractivity contribution in [1.29, 1.82) is 0 Å². The Morgan fingerprint density at radius 2 is 1.88 bits per heavy atom. The van der Waals surface area contributed by atoms with Gasteiger partial charge in [-0.2, -0.15) is 0 Å². The number of carboxylic acids is 1. The minimum Gasteiger partial charge on any atom is -0.494 e. The molecule has 1 aromatic rings. The van der Waals surface area contributed by atoms with Crippen molar-refractivity contribution in [3.05, 3.63) is 41.0 Å². The Labute approximate surface area is 95.4 Å². The van der Waals surface area contributed by atoms with Crippen molar-refractivity contribution in [3.8, 4) is 0 Å². The standard InChI is InChI=1S/C13H16O3/c1-5-16-10(4)11-7-12(13(14)15)9(3)6-8(11)2/h6-7H,4-5H2,1-3H3,(H,14,15). The van der Waals surface area contributed by atoms with Crippen LogP contribution in [0, 0.1) is 13.8 Å². The molecule has 1 aromatic carbocycles. The molecule has 16 heavy (non-hydrogen) atoms. The van der Waals surface area contributed by atoms with E-state index in [0.717, 1.165) is 16.7 Å². The lowest BCUT2D eigenvalue weighted by Gasteiger charge is -2.12. The second-order valence-electron chi connectivity index (χ2n) is 3.64. The maximum Gasteiger partial charge on any atom is 0.335 e. The van der Waals surface area contributed by atoms with Gasteiger partial charge in [0.15, 0.2) is 0 Å². The highest BCUT2D eigenvalue weighted by Gasteiger charge is 2.12. The van der Waals surface area contributed by atoms with Gasteiger partial charge < -0.3 is 9.84 Å². The molecule has 0 saturated heterocycles. The molecule has 0 bridgehead atoms. The molecule has 1 N–H and O–H groups in total. The summed E-state index contributed by atoms with van der Waals surface area (Å²) in [5.41, 5.74) is 2.77. The molecule has 0 aliphatic rings. The minimum absolute atomic E-state index is 0.293. The van der Waals surface area contributed by atoms with Crippen LogP contribution in [0.5, 0.6) is 0 Å². The molecule has 0 fully saturated rings. The SMILES string of the molecule is C=C(OCC)c1cc(C(=O)O)c(C)cc1C. The van der Waals surface area contributed by atoms with E-state index in [1.807, 2.05) is 19.9 Å². The van der Waals surface area contributed by atoms with Gasteiger partial charge in [-0.15, -0.1) is 0 Å². The van der Waals surface area contributed by atoms with E-state index >= 15 is 0 Å². The smallest absolute Gasteiger partial charge is 0.335 e. The molecular formula is C13H16O3. The van der Waals surface area contributed by atoms with Gasteiger partial charge in [0.25, 0.3) is 0 Å². The summed E-state index contributed by atoms with van der Waals surface area (Å²) in [7, 11) is 0. The average Bonchev–Trinajstić information content (AvgIpc) is 2.17. The summed E-state index contributed by atoms with van der Waals surface area (Å²) >= 11 is 0. The van der Waals surface area contributed by atoms with Gasteiger partial charge in [-0.3, -0.25) is 0 Å². The molecule has 0 radical (unpaired) electrons. The number of benzene rings is 1. The van der Waals surface area contributed by atoms with Gasteiger partial charge in [0.2, 0.25) is 0 Å². The van der Waals surface area contributed by atoms with E-state index in [1.165, 1.54) is 0 Å². The first-order valence-corrected chi connectivity index (χ1v) is 5.14. The van der Waals surface area contributed by atoms with E-state index in [0.29, 0.717) is 17.9 Å². The summed E-state index contributed by atoms with van der Waals surface area (Å²) in [6, 6.07) is 3.45. The van der Waals surface area contributed by atoms with Gasteiger partial charge in [0.05, 0.1) is 12.2 Å². The molecule has 0 spiro atoms. The molecule has 0 aliphatic heterocycles. The van der Waals surface area contributed by atoms with Crippen LogP contribution >= 0.6 is 0 Å². The number of ether oxygens (including phenoxy) is 1. The second-order valence-corrected chi connectivity index (χ2v) is 3.64. The fraction of sp³-hybridized carbons (Fsp3) is 0.308. The van der Waals surface area contributed by atoms with E-state index in [2.05, 4.69) is 6.58 Å². The minimum atomic E-state index is -0.928. The van der Waals surface area contributed by atoms with Crippen LogP contribution in [-0.4, -0.2) is 17.7 Å². The van der Waals surface area contributed by atoms with Crippen LogP contribution in [0.15, 0.2) is 18.7 Å². The second kappa shape index (κ2) is 4.84. The van der Waals surface area contributed by atoms with Crippen molar-refractivity contribution in [2.24, 2.45) is 0 Å². The number of aryl methyl sites for hydroxylation is 2. The Bertz CT molecular complexity index is 433. The monoisotopic (exact) mass is 220 g/mol. The zero-order valence-electron chi connectivity index (χ0n) is 9.83. The highest BCUT2D eigenvalue weighted by Crippen LogP contribution is 2.22. The summed E-state index contributed by atoms with van der Waals surface area (Å²) < 4.78 is 5.30. The predicted molar refractivity (Wildman–Crippen MR) is 63.5 cm³/mol. The van der Waals surface area contributed by atoms with Crippen molar-refractivity contribution in [2.75, 3.05) is 6.61 Å². The molecule has 0 heterocycles. The number of rotatable bonds is 4. The maximum atomic E-state index is 11.0. The highest BCUT2D eigenvalue weighted by atomic mass is 16.5. The molecule has 0 amide bonds. The normalized spacial score (nSPS) is 9.94. The molecule has 0 aromatic heterocycles. The molecule has 0 aliphatic carbocycles. The van der Waals surface area contributed by atoms with Crippen molar-refractivity contribution >= 4 is 11.7 Å². The van der Waals surface area contributed by atoms with E-state index in [1.54, 1.807) is 13.0 Å². The third-order valence-corrected chi connectivity index (χ3v) is 2.42. The lowest BCUT2D eigenvalue weighted by atomic mass is 9.99. The van der Waals surface area contributed by atoms with Crippen molar-refractivity contribution in [1.82, 2.24) is 0 Å². The molecule has 1 rings (SSSR count). The molecule has 0 saturated carbocycles. The Hall–Kier alpha value is -1.77. The summed E-state index contributed by atoms with van der Waals surface area (Å²) in [5, 5.41) is 9.02. The lowest BCUT2D eigenvalue weighted by Crippen LogP contribution is -2.03. The quantitative estimate of drug-likeness (QED) is 0.793. The summed E-state index contributed by atoms with van der Waals surface area (Å²) in [5.74, 6) is -0.412. The summed E-state index contributed by atoms with van der Waals surface area (Å²) in [6.45, 7) is 9.88. The molecular weight excluding hydrogens is 204 g/mol. The number of carbonyl (C=O) groups is 1. The average molecular weight is 220 g/mol. The van der Waals surface area contributed by atoms with Crippen molar-refractivity contribution in [3.63, 3.8) is 0 Å². The largest absolute Gasteiger partial charge is 0.494 e. The van der Waals surface area contributed by atoms with Crippen molar-refractivity contribution < 1.29 is 14.6 Å². The van der Waals surface area contributed by atoms with Crippen LogP contribution in [0.2, 0.25) is 0 Å². The van der Waals surface area contributed by atoms with Crippen LogP contribution in [0.25, 0.3) is 5.76 Å². The molecule has 3 heteroatoms. The number of aromatic carboxylic acids is 1. The number of carboxylic acid groups (broad SMARTS) is 1. The Kier molecular flexibility index (Phi) is 3.72. The van der Waals surface area contributed by atoms with Crippen LogP contribution in [-0.2, 0) is 4.74 Å². The molecule has 0 unspecified atom stereocenters. The third kappa shape index (κ3) is 2.42. The van der Waals surface area contributed by atoms with Gasteiger partial charge in [-0.05, 0) is 38.0 Å². The Balaban J connectivity index is 3.24. The van der Waals surface area contributed by atoms with Crippen LogP contribution < -0.4 is 0 Å².